The topological polar surface area (TPSA) is 73.6 Å². The van der Waals surface area contributed by atoms with Crippen molar-refractivity contribution >= 4 is 39.9 Å². The number of fused-ring (bicyclic) bond motifs is 1. The predicted molar refractivity (Wildman–Crippen MR) is 155 cm³/mol. The number of hydrogen-bond acceptors (Lipinski definition) is 4. The SMILES string of the molecule is COc1ccc2cc(-c3cc(-c4cc(Cl)cc(Cl)c4)nn3Cc3ccc(OCCCC(=O)O)cc3)ccc2c1. The standard InChI is InChI=1S/C31H26Cl2N2O4/c1-38-28-11-8-21-13-23(7-6-22(21)16-28)30-18-29(24-14-25(32)17-26(33)15-24)34-35(30)19-20-4-9-27(10-5-20)39-12-2-3-31(36)37/h4-11,13-18H,2-3,12,19H2,1H3,(H,36,37). The molecule has 5 rings (SSSR count). The fourth-order valence-electron chi connectivity index (χ4n) is 4.40. The van der Waals surface area contributed by atoms with Gasteiger partial charge in [-0.1, -0.05) is 53.5 Å². The number of carbonyl (C=O) groups is 1. The lowest BCUT2D eigenvalue weighted by atomic mass is 10.0. The maximum Gasteiger partial charge on any atom is 0.303 e. The highest BCUT2D eigenvalue weighted by atomic mass is 35.5. The van der Waals surface area contributed by atoms with E-state index in [1.165, 1.54) is 0 Å². The molecule has 0 saturated heterocycles. The second-order valence-corrected chi connectivity index (χ2v) is 10.0. The third-order valence-electron chi connectivity index (χ3n) is 6.34. The molecular weight excluding hydrogens is 535 g/mol. The molecule has 0 aliphatic carbocycles. The van der Waals surface area contributed by atoms with Gasteiger partial charge in [-0.15, -0.1) is 0 Å². The predicted octanol–water partition coefficient (Wildman–Crippen LogP) is 7.98. The van der Waals surface area contributed by atoms with Crippen LogP contribution in [-0.2, 0) is 11.3 Å². The number of ether oxygens (including phenoxy) is 2. The van der Waals surface area contributed by atoms with Crippen molar-refractivity contribution in [3.8, 4) is 34.0 Å². The summed E-state index contributed by atoms with van der Waals surface area (Å²) in [5.41, 5.74) is 4.62. The van der Waals surface area contributed by atoms with E-state index in [0.717, 1.165) is 44.6 Å². The Labute approximate surface area is 236 Å². The first kappa shape index (κ1) is 26.6. The first-order chi connectivity index (χ1) is 18.9. The summed E-state index contributed by atoms with van der Waals surface area (Å²) in [6.45, 7) is 0.887. The summed E-state index contributed by atoms with van der Waals surface area (Å²) in [4.78, 5) is 10.7. The first-order valence-corrected chi connectivity index (χ1v) is 13.2. The molecule has 0 atom stereocenters. The Morgan fingerprint density at radius 2 is 1.54 bits per heavy atom. The number of methoxy groups -OCH3 is 1. The number of hydrogen-bond donors (Lipinski definition) is 1. The van der Waals surface area contributed by atoms with Crippen molar-refractivity contribution in [2.24, 2.45) is 0 Å². The van der Waals surface area contributed by atoms with Gasteiger partial charge in [-0.3, -0.25) is 9.48 Å². The van der Waals surface area contributed by atoms with Crippen molar-refractivity contribution in [2.45, 2.75) is 19.4 Å². The van der Waals surface area contributed by atoms with Crippen molar-refractivity contribution in [1.29, 1.82) is 0 Å². The Morgan fingerprint density at radius 1 is 0.846 bits per heavy atom. The van der Waals surface area contributed by atoms with Crippen LogP contribution in [0.1, 0.15) is 18.4 Å². The van der Waals surface area contributed by atoms with Crippen LogP contribution in [0.2, 0.25) is 10.0 Å². The summed E-state index contributed by atoms with van der Waals surface area (Å²) >= 11 is 12.6. The van der Waals surface area contributed by atoms with Gasteiger partial charge >= 0.3 is 5.97 Å². The minimum Gasteiger partial charge on any atom is -0.497 e. The molecule has 0 spiro atoms. The molecule has 0 fully saturated rings. The van der Waals surface area contributed by atoms with Crippen molar-refractivity contribution in [3.05, 3.63) is 101 Å². The summed E-state index contributed by atoms with van der Waals surface area (Å²) in [6.07, 6.45) is 0.547. The van der Waals surface area contributed by atoms with E-state index in [4.69, 9.17) is 42.9 Å². The van der Waals surface area contributed by atoms with Crippen LogP contribution in [0, 0.1) is 0 Å². The highest BCUT2D eigenvalue weighted by molar-refractivity contribution is 6.35. The van der Waals surface area contributed by atoms with Crippen LogP contribution in [0.15, 0.2) is 84.9 Å². The van der Waals surface area contributed by atoms with Crippen molar-refractivity contribution < 1.29 is 19.4 Å². The number of nitrogens with zero attached hydrogens (tertiary/aromatic N) is 2. The smallest absolute Gasteiger partial charge is 0.303 e. The van der Waals surface area contributed by atoms with E-state index in [1.807, 2.05) is 65.3 Å². The highest BCUT2D eigenvalue weighted by Gasteiger charge is 2.14. The second-order valence-electron chi connectivity index (χ2n) is 9.15. The number of aromatic nitrogens is 2. The zero-order valence-electron chi connectivity index (χ0n) is 21.2. The van der Waals surface area contributed by atoms with Crippen molar-refractivity contribution in [2.75, 3.05) is 13.7 Å². The number of aliphatic carboxylic acids is 1. The molecule has 39 heavy (non-hydrogen) atoms. The number of carboxylic acids is 1. The van der Waals surface area contributed by atoms with Crippen molar-refractivity contribution in [1.82, 2.24) is 9.78 Å². The average Bonchev–Trinajstić information content (AvgIpc) is 3.34. The van der Waals surface area contributed by atoms with Gasteiger partial charge in [-0.25, -0.2) is 0 Å². The van der Waals surface area contributed by atoms with Crippen LogP contribution in [0.3, 0.4) is 0 Å². The van der Waals surface area contributed by atoms with E-state index in [-0.39, 0.29) is 6.42 Å². The Kier molecular flexibility index (Phi) is 8.05. The zero-order chi connectivity index (χ0) is 27.4. The third-order valence-corrected chi connectivity index (χ3v) is 6.78. The largest absolute Gasteiger partial charge is 0.497 e. The van der Waals surface area contributed by atoms with Gasteiger partial charge in [0.15, 0.2) is 0 Å². The third kappa shape index (κ3) is 6.53. The molecule has 4 aromatic carbocycles. The minimum absolute atomic E-state index is 0.0860. The number of halogens is 2. The lowest BCUT2D eigenvalue weighted by molar-refractivity contribution is -0.137. The normalized spacial score (nSPS) is 11.1. The Hall–Kier alpha value is -4.00. The molecule has 8 heteroatoms. The van der Waals surface area contributed by atoms with Gasteiger partial charge < -0.3 is 14.6 Å². The maximum absolute atomic E-state index is 10.7. The summed E-state index contributed by atoms with van der Waals surface area (Å²) in [5.74, 6) is 0.688. The molecule has 1 aromatic heterocycles. The van der Waals surface area contributed by atoms with Crippen LogP contribution in [0.25, 0.3) is 33.3 Å². The summed E-state index contributed by atoms with van der Waals surface area (Å²) in [6, 6.07) is 27.5. The summed E-state index contributed by atoms with van der Waals surface area (Å²) in [7, 11) is 1.66. The quantitative estimate of drug-likeness (QED) is 0.175. The molecule has 0 unspecified atom stereocenters. The van der Waals surface area contributed by atoms with Crippen molar-refractivity contribution in [3.63, 3.8) is 0 Å². The van der Waals surface area contributed by atoms with Gasteiger partial charge in [0.25, 0.3) is 0 Å². The molecule has 0 bridgehead atoms. The zero-order valence-corrected chi connectivity index (χ0v) is 22.7. The van der Waals surface area contributed by atoms with Crippen LogP contribution in [0.4, 0.5) is 0 Å². The molecule has 0 aliphatic rings. The first-order valence-electron chi connectivity index (χ1n) is 12.4. The van der Waals surface area contributed by atoms with Gasteiger partial charge in [0, 0.05) is 27.6 Å². The fourth-order valence-corrected chi connectivity index (χ4v) is 4.93. The van der Waals surface area contributed by atoms with Gasteiger partial charge in [-0.05, 0) is 77.4 Å². The van der Waals surface area contributed by atoms with Crippen LogP contribution < -0.4 is 9.47 Å². The number of carboxylic acid groups (broad SMARTS) is 1. The van der Waals surface area contributed by atoms with E-state index in [0.29, 0.717) is 35.4 Å². The van der Waals surface area contributed by atoms with Gasteiger partial charge in [0.1, 0.15) is 11.5 Å². The van der Waals surface area contributed by atoms with E-state index < -0.39 is 5.97 Å². The summed E-state index contributed by atoms with van der Waals surface area (Å²) < 4.78 is 13.0. The molecule has 1 heterocycles. The van der Waals surface area contributed by atoms with E-state index in [2.05, 4.69) is 18.2 Å². The number of rotatable bonds is 10. The molecule has 1 N–H and O–H groups in total. The summed E-state index contributed by atoms with van der Waals surface area (Å²) in [5, 5.41) is 17.0. The molecule has 5 aromatic rings. The molecule has 0 aliphatic heterocycles. The molecule has 0 saturated carbocycles. The monoisotopic (exact) mass is 560 g/mol. The van der Waals surface area contributed by atoms with Gasteiger partial charge in [-0.2, -0.15) is 5.10 Å². The van der Waals surface area contributed by atoms with Crippen LogP contribution in [-0.4, -0.2) is 34.6 Å². The van der Waals surface area contributed by atoms with Crippen LogP contribution >= 0.6 is 23.2 Å². The lowest BCUT2D eigenvalue weighted by Gasteiger charge is -2.10. The number of benzene rings is 4. The Bertz CT molecular complexity index is 1610. The molecule has 0 amide bonds. The minimum atomic E-state index is -0.825. The van der Waals surface area contributed by atoms with E-state index in [1.54, 1.807) is 13.2 Å². The lowest BCUT2D eigenvalue weighted by Crippen LogP contribution is -2.05. The Morgan fingerprint density at radius 3 is 2.26 bits per heavy atom. The average molecular weight is 561 g/mol. The maximum atomic E-state index is 10.7. The van der Waals surface area contributed by atoms with E-state index >= 15 is 0 Å². The van der Waals surface area contributed by atoms with Crippen LogP contribution in [0.5, 0.6) is 11.5 Å². The Balaban J connectivity index is 1.46. The molecule has 0 radical (unpaired) electrons. The molecular formula is C31H26Cl2N2O4. The fraction of sp³-hybridized carbons (Fsp3) is 0.161. The molecule has 198 valence electrons. The van der Waals surface area contributed by atoms with Gasteiger partial charge in [0.2, 0.25) is 0 Å². The highest BCUT2D eigenvalue weighted by Crippen LogP contribution is 2.32. The van der Waals surface area contributed by atoms with Gasteiger partial charge in [0.05, 0.1) is 31.6 Å². The second kappa shape index (κ2) is 11.8. The van der Waals surface area contributed by atoms with E-state index in [9.17, 15) is 4.79 Å². The molecule has 6 nitrogen and oxygen atoms in total.